The number of thiocarbonyl (C=S) groups is 1. The lowest BCUT2D eigenvalue weighted by Gasteiger charge is -2.28. The number of methoxy groups -OCH3 is 1. The van der Waals surface area contributed by atoms with Gasteiger partial charge in [0.15, 0.2) is 16.6 Å². The topological polar surface area (TPSA) is 67.9 Å². The fourth-order valence-electron chi connectivity index (χ4n) is 3.36. The van der Waals surface area contributed by atoms with E-state index in [1.54, 1.807) is 42.5 Å². The number of nitrogens with zero attached hydrogens (tertiary/aromatic N) is 1. The molecular weight excluding hydrogens is 540 g/mol. The van der Waals surface area contributed by atoms with Crippen molar-refractivity contribution in [2.24, 2.45) is 0 Å². The molecule has 1 heterocycles. The van der Waals surface area contributed by atoms with Crippen LogP contribution in [0.2, 0.25) is 5.02 Å². The Hall–Kier alpha value is -3.20. The summed E-state index contributed by atoms with van der Waals surface area (Å²) in [6.07, 6.45) is 1.49. The van der Waals surface area contributed by atoms with Crippen molar-refractivity contribution in [3.63, 3.8) is 0 Å². The van der Waals surface area contributed by atoms with Crippen molar-refractivity contribution in [2.75, 3.05) is 12.0 Å². The first-order valence-corrected chi connectivity index (χ1v) is 11.7. The van der Waals surface area contributed by atoms with Crippen LogP contribution < -0.4 is 19.7 Å². The Balaban J connectivity index is 1.65. The number of benzene rings is 3. The van der Waals surface area contributed by atoms with Crippen LogP contribution in [0.3, 0.4) is 0 Å². The Kier molecular flexibility index (Phi) is 7.31. The van der Waals surface area contributed by atoms with E-state index in [1.165, 1.54) is 18.1 Å². The molecule has 6 nitrogen and oxygen atoms in total. The normalized spacial score (nSPS) is 14.9. The molecule has 1 N–H and O–H groups in total. The zero-order chi connectivity index (χ0) is 24.2. The molecule has 3 aromatic rings. The van der Waals surface area contributed by atoms with Crippen LogP contribution in [-0.4, -0.2) is 24.0 Å². The van der Waals surface area contributed by atoms with E-state index in [0.717, 1.165) is 5.56 Å². The van der Waals surface area contributed by atoms with Gasteiger partial charge in [0, 0.05) is 10.6 Å². The van der Waals surface area contributed by atoms with E-state index in [4.69, 9.17) is 33.3 Å². The summed E-state index contributed by atoms with van der Waals surface area (Å²) in [4.78, 5) is 27.1. The third kappa shape index (κ3) is 4.99. The summed E-state index contributed by atoms with van der Waals surface area (Å²) in [6.45, 7) is 0.236. The summed E-state index contributed by atoms with van der Waals surface area (Å²) in [5.41, 5.74) is 1.89. The van der Waals surface area contributed by atoms with Crippen molar-refractivity contribution in [1.82, 2.24) is 5.32 Å². The Bertz CT molecular complexity index is 1310. The maximum absolute atomic E-state index is 13.2. The van der Waals surface area contributed by atoms with Gasteiger partial charge in [-0.2, -0.15) is 0 Å². The highest BCUT2D eigenvalue weighted by Crippen LogP contribution is 2.38. The van der Waals surface area contributed by atoms with Crippen LogP contribution >= 0.6 is 39.7 Å². The second kappa shape index (κ2) is 10.4. The van der Waals surface area contributed by atoms with Gasteiger partial charge in [0.1, 0.15) is 12.2 Å². The second-order valence-electron chi connectivity index (χ2n) is 7.21. The molecule has 0 atom stereocenters. The predicted octanol–water partition coefficient (Wildman–Crippen LogP) is 5.52. The summed E-state index contributed by atoms with van der Waals surface area (Å²) < 4.78 is 12.0. The molecule has 0 radical (unpaired) electrons. The van der Waals surface area contributed by atoms with Crippen LogP contribution in [0.5, 0.6) is 11.5 Å². The lowest BCUT2D eigenvalue weighted by molar-refractivity contribution is -0.122. The first-order chi connectivity index (χ1) is 16.4. The standard InChI is InChI=1S/C25H18BrClN2O4S/c1-32-21-13-15(12-19(26)22(21)33-14-16-7-5-6-10-20(16)27)11-18-23(30)28-25(34)29(24(18)31)17-8-3-2-4-9-17/h2-13H,14H2,1H3,(H,28,30,34). The van der Waals surface area contributed by atoms with Gasteiger partial charge in [-0.05, 0) is 70.1 Å². The van der Waals surface area contributed by atoms with E-state index in [-0.39, 0.29) is 17.3 Å². The molecule has 3 aromatic carbocycles. The molecule has 1 aliphatic heterocycles. The fraction of sp³-hybridized carbons (Fsp3) is 0.0800. The average Bonchev–Trinajstić information content (AvgIpc) is 2.82. The number of hydrogen-bond acceptors (Lipinski definition) is 5. The van der Waals surface area contributed by atoms with E-state index in [1.807, 2.05) is 24.3 Å². The number of ether oxygens (including phenoxy) is 2. The highest BCUT2D eigenvalue weighted by atomic mass is 79.9. The van der Waals surface area contributed by atoms with Crippen LogP contribution in [0.25, 0.3) is 6.08 Å². The molecule has 2 amide bonds. The van der Waals surface area contributed by atoms with E-state index >= 15 is 0 Å². The maximum atomic E-state index is 13.2. The molecule has 1 saturated heterocycles. The van der Waals surface area contributed by atoms with Gasteiger partial charge in [-0.1, -0.05) is 48.0 Å². The number of carbonyl (C=O) groups excluding carboxylic acids is 2. The highest BCUT2D eigenvalue weighted by molar-refractivity contribution is 9.10. The number of hydrogen-bond donors (Lipinski definition) is 1. The van der Waals surface area contributed by atoms with Crippen molar-refractivity contribution >= 4 is 68.4 Å². The highest BCUT2D eigenvalue weighted by Gasteiger charge is 2.34. The zero-order valence-electron chi connectivity index (χ0n) is 17.9. The molecular formula is C25H18BrClN2O4S. The molecule has 1 fully saturated rings. The minimum atomic E-state index is -0.573. The maximum Gasteiger partial charge on any atom is 0.270 e. The van der Waals surface area contributed by atoms with E-state index in [0.29, 0.717) is 32.2 Å². The summed E-state index contributed by atoms with van der Waals surface area (Å²) in [7, 11) is 1.51. The SMILES string of the molecule is COc1cc(C=C2C(=O)NC(=S)N(c3ccccc3)C2=O)cc(Br)c1OCc1ccccc1Cl. The van der Waals surface area contributed by atoms with Crippen LogP contribution in [0, 0.1) is 0 Å². The van der Waals surface area contributed by atoms with Crippen molar-refractivity contribution in [3.8, 4) is 11.5 Å². The lowest BCUT2D eigenvalue weighted by atomic mass is 10.1. The van der Waals surface area contributed by atoms with E-state index in [9.17, 15) is 9.59 Å². The molecule has 4 rings (SSSR count). The summed E-state index contributed by atoms with van der Waals surface area (Å²) in [6, 6.07) is 19.7. The summed E-state index contributed by atoms with van der Waals surface area (Å²) in [5, 5.41) is 3.20. The molecule has 1 aliphatic rings. The largest absolute Gasteiger partial charge is 0.493 e. The number of para-hydroxylation sites is 1. The Labute approximate surface area is 215 Å². The molecule has 9 heteroatoms. The minimum Gasteiger partial charge on any atom is -0.493 e. The lowest BCUT2D eigenvalue weighted by Crippen LogP contribution is -2.54. The number of halogens is 2. The number of anilines is 1. The van der Waals surface area contributed by atoms with Crippen LogP contribution in [0.4, 0.5) is 5.69 Å². The van der Waals surface area contributed by atoms with Gasteiger partial charge in [-0.25, -0.2) is 0 Å². The van der Waals surface area contributed by atoms with Crippen LogP contribution in [0.1, 0.15) is 11.1 Å². The smallest absolute Gasteiger partial charge is 0.270 e. The van der Waals surface area contributed by atoms with Crippen LogP contribution in [-0.2, 0) is 16.2 Å². The molecule has 34 heavy (non-hydrogen) atoms. The quantitative estimate of drug-likeness (QED) is 0.246. The zero-order valence-corrected chi connectivity index (χ0v) is 21.0. The van der Waals surface area contributed by atoms with Gasteiger partial charge in [0.05, 0.1) is 17.3 Å². The van der Waals surface area contributed by atoms with Gasteiger partial charge < -0.3 is 9.47 Å². The average molecular weight is 558 g/mol. The second-order valence-corrected chi connectivity index (χ2v) is 8.86. The monoisotopic (exact) mass is 556 g/mol. The number of rotatable bonds is 6. The third-order valence-corrected chi connectivity index (χ3v) is 6.25. The molecule has 0 spiro atoms. The van der Waals surface area contributed by atoms with Crippen molar-refractivity contribution in [2.45, 2.75) is 6.61 Å². The number of amides is 2. The summed E-state index contributed by atoms with van der Waals surface area (Å²) >= 11 is 14.9. The minimum absolute atomic E-state index is 0.0282. The molecule has 0 bridgehead atoms. The molecule has 0 saturated carbocycles. The van der Waals surface area contributed by atoms with Gasteiger partial charge in [-0.15, -0.1) is 0 Å². The van der Waals surface area contributed by atoms with Crippen molar-refractivity contribution in [1.29, 1.82) is 0 Å². The predicted molar refractivity (Wildman–Crippen MR) is 139 cm³/mol. The molecule has 172 valence electrons. The molecule has 0 aromatic heterocycles. The van der Waals surface area contributed by atoms with Gasteiger partial charge >= 0.3 is 0 Å². The van der Waals surface area contributed by atoms with Gasteiger partial charge in [0.25, 0.3) is 11.8 Å². The third-order valence-electron chi connectivity index (χ3n) is 5.01. The van der Waals surface area contributed by atoms with Gasteiger partial charge in [-0.3, -0.25) is 19.8 Å². The molecule has 0 unspecified atom stereocenters. The van der Waals surface area contributed by atoms with E-state index < -0.39 is 11.8 Å². The Morgan fingerprint density at radius 3 is 2.50 bits per heavy atom. The number of nitrogens with one attached hydrogen (secondary N) is 1. The first-order valence-electron chi connectivity index (χ1n) is 10.1. The van der Waals surface area contributed by atoms with Crippen molar-refractivity contribution in [3.05, 3.63) is 92.9 Å². The van der Waals surface area contributed by atoms with E-state index in [2.05, 4.69) is 21.2 Å². The Morgan fingerprint density at radius 2 is 1.79 bits per heavy atom. The Morgan fingerprint density at radius 1 is 1.09 bits per heavy atom. The van der Waals surface area contributed by atoms with Crippen LogP contribution in [0.15, 0.2) is 76.8 Å². The first kappa shape index (κ1) is 23.9. The molecule has 0 aliphatic carbocycles. The number of carbonyl (C=O) groups is 2. The summed E-state index contributed by atoms with van der Waals surface area (Å²) in [5.74, 6) is -0.200. The van der Waals surface area contributed by atoms with Gasteiger partial charge in [0.2, 0.25) is 0 Å². The fourth-order valence-corrected chi connectivity index (χ4v) is 4.41. The van der Waals surface area contributed by atoms with Crippen molar-refractivity contribution < 1.29 is 19.1 Å².